The number of carbonyl (C=O) groups excluding carboxylic acids is 2. The molecule has 1 fully saturated rings. The van der Waals surface area contributed by atoms with Crippen molar-refractivity contribution < 1.29 is 47.1 Å². The fourth-order valence-electron chi connectivity index (χ4n) is 7.08. The van der Waals surface area contributed by atoms with Crippen molar-refractivity contribution in [1.29, 1.82) is 0 Å². The van der Waals surface area contributed by atoms with E-state index in [9.17, 15) is 14.4 Å². The quantitative estimate of drug-likeness (QED) is 0.0915. The summed E-state index contributed by atoms with van der Waals surface area (Å²) >= 11 is 0. The summed E-state index contributed by atoms with van der Waals surface area (Å²) in [6, 6.07) is 27.8. The number of anilines is 2. The number of ether oxygens (including phenoxy) is 4. The number of pyridine rings is 1. The van der Waals surface area contributed by atoms with Crippen LogP contribution in [0.1, 0.15) is 106 Å². The van der Waals surface area contributed by atoms with Gasteiger partial charge in [-0.2, -0.15) is 0 Å². The summed E-state index contributed by atoms with van der Waals surface area (Å²) in [5, 5.41) is 17.1. The molecular weight excluding hydrogens is 789 g/mol. The minimum atomic E-state index is -0.918. The predicted molar refractivity (Wildman–Crippen MR) is 247 cm³/mol. The van der Waals surface area contributed by atoms with Crippen molar-refractivity contribution >= 4 is 45.1 Å². The highest BCUT2D eigenvalue weighted by molar-refractivity contribution is 5.94. The first-order chi connectivity index (χ1) is 29.2. The van der Waals surface area contributed by atoms with Crippen molar-refractivity contribution in [3.05, 3.63) is 117 Å². The van der Waals surface area contributed by atoms with Crippen LogP contribution in [0, 0.1) is 10.8 Å². The van der Waals surface area contributed by atoms with E-state index < -0.39 is 16.6 Å². The van der Waals surface area contributed by atoms with Gasteiger partial charge in [0.1, 0.15) is 0 Å². The first-order valence-corrected chi connectivity index (χ1v) is 21.6. The third-order valence-electron chi connectivity index (χ3n) is 11.8. The molecule has 2 aliphatic rings. The van der Waals surface area contributed by atoms with Crippen LogP contribution in [0.5, 0.6) is 0 Å². The van der Waals surface area contributed by atoms with Crippen molar-refractivity contribution in [3.8, 4) is 0 Å². The first-order valence-electron chi connectivity index (χ1n) is 21.6. The smallest absolute Gasteiger partial charge is 0.443 e. The highest BCUT2D eigenvalue weighted by Crippen LogP contribution is 2.51. The van der Waals surface area contributed by atoms with E-state index in [1.807, 2.05) is 113 Å². The maximum atomic E-state index is 12.9. The van der Waals surface area contributed by atoms with Gasteiger partial charge >= 0.3 is 14.8 Å². The van der Waals surface area contributed by atoms with E-state index in [0.29, 0.717) is 36.8 Å². The van der Waals surface area contributed by atoms with Gasteiger partial charge in [-0.15, -0.1) is 0 Å². The number of benzene rings is 4. The number of aromatic nitrogens is 1. The highest BCUT2D eigenvalue weighted by atomic mass is 16.7. The molecule has 0 saturated carbocycles. The van der Waals surface area contributed by atoms with Gasteiger partial charge < -0.3 is 44.1 Å². The van der Waals surface area contributed by atoms with Gasteiger partial charge in [0.15, 0.2) is 18.9 Å². The van der Waals surface area contributed by atoms with Crippen LogP contribution < -0.4 is 10.3 Å². The van der Waals surface area contributed by atoms with Crippen LogP contribution >= 0.6 is 0 Å². The number of fused-ring (bicyclic) bond motifs is 6. The van der Waals surface area contributed by atoms with Gasteiger partial charge in [-0.05, 0) is 120 Å². The molecule has 0 unspecified atom stereocenters. The maximum Gasteiger partial charge on any atom is 1.00 e. The summed E-state index contributed by atoms with van der Waals surface area (Å²) in [5.74, 6) is -1.35. The summed E-state index contributed by atoms with van der Waals surface area (Å²) in [4.78, 5) is 40.1. The van der Waals surface area contributed by atoms with Gasteiger partial charge in [-0.3, -0.25) is 14.4 Å². The Morgan fingerprint density at radius 1 is 0.694 bits per heavy atom. The maximum absolute atomic E-state index is 12.9. The molecule has 12 heteroatoms. The molecule has 4 N–H and O–H groups in total. The molecule has 3 heterocycles. The van der Waals surface area contributed by atoms with E-state index in [2.05, 4.69) is 36.9 Å². The van der Waals surface area contributed by atoms with E-state index in [1.165, 1.54) is 5.56 Å². The average Bonchev–Trinajstić information content (AvgIpc) is 3.29. The van der Waals surface area contributed by atoms with Gasteiger partial charge in [-0.1, -0.05) is 70.2 Å². The molecule has 0 aliphatic carbocycles. The standard InChI is InChI=1S/C25H31NO4.C22H25NO3.C3H8O2.H2O/c1-5-18-12-13-22-20(16-18)25(29-14-9-15-30-25)19-10-7-8-11-21(19)26(22)17-28-23(27)24(3,4)6-2;1-5-15-11-12-19-17(13-15)20(24)16-9-7-8-10-18(16)23(19)14-26-21(25)22(3,4)6-2;4-2-1-3-5;/h7-8,10-13,16H,5-6,9,14-15,17H2,1-4H3;7-13H,5-6,14H2,1-4H3;4-5H,1-3H2;1H2/p+2. The number of esters is 2. The number of hydrogen-bond acceptors (Lipinski definition) is 10. The molecule has 0 bridgehead atoms. The minimum Gasteiger partial charge on any atom is -0.443 e. The van der Waals surface area contributed by atoms with Crippen LogP contribution in [0.2, 0.25) is 0 Å². The average molecular weight is 857 g/mol. The van der Waals surface area contributed by atoms with E-state index in [4.69, 9.17) is 29.2 Å². The normalized spacial score (nSPS) is 14.1. The second kappa shape index (κ2) is 21.8. The summed E-state index contributed by atoms with van der Waals surface area (Å²) in [6.07, 6.45) is 4.59. The lowest BCUT2D eigenvalue weighted by molar-refractivity contribution is -0.249. The van der Waals surface area contributed by atoms with Crippen LogP contribution in [0.3, 0.4) is 0 Å². The van der Waals surface area contributed by atoms with Gasteiger partial charge in [0.25, 0.3) is 0 Å². The predicted octanol–water partition coefficient (Wildman–Crippen LogP) is 8.69. The van der Waals surface area contributed by atoms with Crippen LogP contribution in [-0.2, 0) is 53.9 Å². The molecule has 0 atom stereocenters. The van der Waals surface area contributed by atoms with Crippen LogP contribution in [0.25, 0.3) is 21.8 Å². The Balaban J connectivity index is 0.000000385. The van der Waals surface area contributed by atoms with Crippen LogP contribution in [0.15, 0.2) is 89.7 Å². The lowest BCUT2D eigenvalue weighted by Crippen LogP contribution is -2.45. The fraction of sp³-hybridized carbons (Fsp3) is 0.460. The molecule has 336 valence electrons. The molecule has 1 spiro atoms. The monoisotopic (exact) mass is 856 g/mol. The summed E-state index contributed by atoms with van der Waals surface area (Å²) < 4.78 is 26.0. The van der Waals surface area contributed by atoms with E-state index in [-0.39, 0.29) is 52.4 Å². The molecule has 7 rings (SSSR count). The van der Waals surface area contributed by atoms with Crippen molar-refractivity contribution in [2.45, 2.75) is 106 Å². The van der Waals surface area contributed by atoms with Crippen molar-refractivity contribution in [3.63, 3.8) is 0 Å². The third kappa shape index (κ3) is 10.6. The molecule has 2 aliphatic heterocycles. The number of carbonyl (C=O) groups is 2. The number of para-hydroxylation sites is 2. The second-order valence-electron chi connectivity index (χ2n) is 16.7. The largest absolute Gasteiger partial charge is 1.00 e. The van der Waals surface area contributed by atoms with E-state index in [0.717, 1.165) is 64.8 Å². The number of rotatable bonds is 12. The minimum absolute atomic E-state index is 0. The zero-order valence-electron chi connectivity index (χ0n) is 39.7. The Labute approximate surface area is 368 Å². The molecule has 12 nitrogen and oxygen atoms in total. The fourth-order valence-corrected chi connectivity index (χ4v) is 7.08. The molecule has 1 aromatic heterocycles. The number of aliphatic hydroxyl groups is 2. The molecule has 1 saturated heterocycles. The third-order valence-corrected chi connectivity index (χ3v) is 11.8. The Kier molecular flexibility index (Phi) is 17.4. The van der Waals surface area contributed by atoms with Crippen molar-refractivity contribution in [1.82, 2.24) is 4.57 Å². The van der Waals surface area contributed by atoms with Crippen molar-refractivity contribution in [2.24, 2.45) is 10.8 Å². The summed E-state index contributed by atoms with van der Waals surface area (Å²) in [5.41, 5.74) is 6.69. The van der Waals surface area contributed by atoms with Gasteiger partial charge in [0.05, 0.1) is 46.5 Å². The van der Waals surface area contributed by atoms with Gasteiger partial charge in [0.2, 0.25) is 5.79 Å². The lowest BCUT2D eigenvalue weighted by atomic mass is 9.87. The highest BCUT2D eigenvalue weighted by Gasteiger charge is 2.47. The topological polar surface area (TPSA) is 168 Å². The molecule has 62 heavy (non-hydrogen) atoms. The Morgan fingerprint density at radius 2 is 1.23 bits per heavy atom. The Bertz CT molecular complexity index is 2360. The van der Waals surface area contributed by atoms with Gasteiger partial charge in [-0.25, -0.2) is 0 Å². The molecular formula is C50H68N2O10+2. The molecule has 4 aromatic carbocycles. The lowest BCUT2D eigenvalue weighted by Gasteiger charge is -2.46. The van der Waals surface area contributed by atoms with E-state index in [1.54, 1.807) is 0 Å². The Morgan fingerprint density at radius 3 is 1.82 bits per heavy atom. The molecule has 0 radical (unpaired) electrons. The number of aryl methyl sites for hydroxylation is 2. The first kappa shape index (κ1) is 49.5. The number of nitrogens with zero attached hydrogens (tertiary/aromatic N) is 2. The number of aliphatic hydroxyl groups excluding tert-OH is 2. The number of hydrogen-bond donors (Lipinski definition) is 2. The summed E-state index contributed by atoms with van der Waals surface area (Å²) in [6.45, 7) is 17.5. The molecule has 0 amide bonds. The zero-order valence-corrected chi connectivity index (χ0v) is 37.7. The van der Waals surface area contributed by atoms with Gasteiger partial charge in [0, 0.05) is 35.1 Å². The van der Waals surface area contributed by atoms with Crippen LogP contribution in [0.4, 0.5) is 11.4 Å². The SMILES string of the molecule is CCc1ccc2c(c1)C1(OCCCO1)c1ccccc1N2COC(=O)C(C)(C)CC.CCc1ccc2c(c1)c(=O)c1ccccc1n2COC(=O)C(C)(C)CC.O.OCCCO.[H+].[H+]. The zero-order chi connectivity index (χ0) is 44.4. The second-order valence-corrected chi connectivity index (χ2v) is 16.7. The van der Waals surface area contributed by atoms with E-state index >= 15 is 0 Å². The van der Waals surface area contributed by atoms with Crippen LogP contribution in [-0.4, -0.2) is 65.4 Å². The summed E-state index contributed by atoms with van der Waals surface area (Å²) in [7, 11) is 0. The Hall–Kier alpha value is -5.11. The van der Waals surface area contributed by atoms with Crippen molar-refractivity contribution in [2.75, 3.05) is 38.1 Å². The molecule has 5 aromatic rings.